The van der Waals surface area contributed by atoms with Crippen LogP contribution >= 0.6 is 15.9 Å². The molecule has 2 aromatic carbocycles. The fraction of sp³-hybridized carbons (Fsp3) is 0.133. The van der Waals surface area contributed by atoms with Gasteiger partial charge in [0.25, 0.3) is 0 Å². The van der Waals surface area contributed by atoms with Crippen LogP contribution in [-0.2, 0) is 11.3 Å². The number of halogens is 2. The minimum absolute atomic E-state index is 0.126. The van der Waals surface area contributed by atoms with Crippen molar-refractivity contribution in [3.63, 3.8) is 0 Å². The molecule has 0 bridgehead atoms. The summed E-state index contributed by atoms with van der Waals surface area (Å²) in [5.41, 5.74) is 1.26. The molecule has 0 radical (unpaired) electrons. The SMILES string of the molecule is O=C(CNCc1cc(Br)ccc1F)Nc1ccccc1. The standard InChI is InChI=1S/C15H14BrFN2O/c16-12-6-7-14(17)11(8-12)9-18-10-15(20)19-13-4-2-1-3-5-13/h1-8,18H,9-10H2,(H,19,20). The van der Waals surface area contributed by atoms with Crippen LogP contribution < -0.4 is 10.6 Å². The van der Waals surface area contributed by atoms with Gasteiger partial charge in [0.05, 0.1) is 6.54 Å². The van der Waals surface area contributed by atoms with E-state index < -0.39 is 0 Å². The Morgan fingerprint density at radius 2 is 1.90 bits per heavy atom. The summed E-state index contributed by atoms with van der Waals surface area (Å²) in [6.45, 7) is 0.425. The number of amides is 1. The van der Waals surface area contributed by atoms with Crippen LogP contribution in [0.1, 0.15) is 5.56 Å². The highest BCUT2D eigenvalue weighted by Crippen LogP contribution is 2.15. The molecule has 0 aromatic heterocycles. The molecule has 104 valence electrons. The predicted octanol–water partition coefficient (Wildman–Crippen LogP) is 3.32. The van der Waals surface area contributed by atoms with Crippen LogP contribution in [0.2, 0.25) is 0 Å². The Kier molecular flexibility index (Phi) is 5.26. The Hall–Kier alpha value is -1.72. The molecule has 0 atom stereocenters. The molecule has 2 aromatic rings. The second kappa shape index (κ2) is 7.17. The molecule has 0 fully saturated rings. The molecular weight excluding hydrogens is 323 g/mol. The number of rotatable bonds is 5. The highest BCUT2D eigenvalue weighted by atomic mass is 79.9. The first-order valence-electron chi connectivity index (χ1n) is 6.15. The van der Waals surface area contributed by atoms with Gasteiger partial charge in [-0.2, -0.15) is 0 Å². The molecule has 3 nitrogen and oxygen atoms in total. The van der Waals surface area contributed by atoms with Crippen molar-refractivity contribution in [2.45, 2.75) is 6.54 Å². The first kappa shape index (κ1) is 14.7. The predicted molar refractivity (Wildman–Crippen MR) is 80.9 cm³/mol. The van der Waals surface area contributed by atoms with Gasteiger partial charge >= 0.3 is 0 Å². The van der Waals surface area contributed by atoms with Gasteiger partial charge in [-0.05, 0) is 30.3 Å². The summed E-state index contributed by atoms with van der Waals surface area (Å²) in [5, 5.41) is 5.67. The maximum Gasteiger partial charge on any atom is 0.238 e. The Bertz CT molecular complexity index is 590. The van der Waals surface area contributed by atoms with Crippen LogP contribution in [0, 0.1) is 5.82 Å². The number of carbonyl (C=O) groups excluding carboxylic acids is 1. The van der Waals surface area contributed by atoms with E-state index in [1.807, 2.05) is 30.3 Å². The lowest BCUT2D eigenvalue weighted by Gasteiger charge is -2.07. The van der Waals surface area contributed by atoms with E-state index in [4.69, 9.17) is 0 Å². The topological polar surface area (TPSA) is 41.1 Å². The Morgan fingerprint density at radius 3 is 2.65 bits per heavy atom. The number of benzene rings is 2. The lowest BCUT2D eigenvalue weighted by atomic mass is 10.2. The second-order valence-electron chi connectivity index (χ2n) is 4.25. The average molecular weight is 337 g/mol. The Labute approximate surface area is 125 Å². The molecule has 20 heavy (non-hydrogen) atoms. The van der Waals surface area contributed by atoms with E-state index >= 15 is 0 Å². The number of anilines is 1. The van der Waals surface area contributed by atoms with Gasteiger partial charge in [0.15, 0.2) is 0 Å². The molecule has 0 heterocycles. The normalized spacial score (nSPS) is 10.3. The van der Waals surface area contributed by atoms with E-state index in [0.29, 0.717) is 12.1 Å². The maximum absolute atomic E-state index is 13.5. The van der Waals surface area contributed by atoms with Gasteiger partial charge in [0.1, 0.15) is 5.82 Å². The molecule has 0 saturated carbocycles. The van der Waals surface area contributed by atoms with E-state index in [2.05, 4.69) is 26.6 Å². The third kappa shape index (κ3) is 4.43. The summed E-state index contributed by atoms with van der Waals surface area (Å²) < 4.78 is 14.3. The van der Waals surface area contributed by atoms with E-state index in [9.17, 15) is 9.18 Å². The summed E-state index contributed by atoms with van der Waals surface area (Å²) in [5.74, 6) is -0.448. The quantitative estimate of drug-likeness (QED) is 0.879. The number of para-hydroxylation sites is 1. The molecule has 1 amide bonds. The van der Waals surface area contributed by atoms with Crippen molar-refractivity contribution in [2.24, 2.45) is 0 Å². The van der Waals surface area contributed by atoms with Crippen LogP contribution in [0.15, 0.2) is 53.0 Å². The van der Waals surface area contributed by atoms with Gasteiger partial charge in [0.2, 0.25) is 5.91 Å². The van der Waals surface area contributed by atoms with Gasteiger partial charge in [-0.1, -0.05) is 34.1 Å². The summed E-state index contributed by atoms with van der Waals surface area (Å²) in [6, 6.07) is 13.9. The zero-order valence-electron chi connectivity index (χ0n) is 10.7. The second-order valence-corrected chi connectivity index (χ2v) is 5.17. The van der Waals surface area contributed by atoms with Gasteiger partial charge in [-0.15, -0.1) is 0 Å². The van der Waals surface area contributed by atoms with Crippen LogP contribution in [0.25, 0.3) is 0 Å². The van der Waals surface area contributed by atoms with Gasteiger partial charge in [-0.25, -0.2) is 4.39 Å². The molecule has 0 saturated heterocycles. The molecule has 2 rings (SSSR count). The largest absolute Gasteiger partial charge is 0.325 e. The van der Waals surface area contributed by atoms with Crippen molar-refractivity contribution in [3.8, 4) is 0 Å². The molecule has 0 aliphatic heterocycles. The first-order valence-corrected chi connectivity index (χ1v) is 6.94. The van der Waals surface area contributed by atoms with E-state index in [0.717, 1.165) is 10.2 Å². The number of hydrogen-bond donors (Lipinski definition) is 2. The van der Waals surface area contributed by atoms with Crippen molar-refractivity contribution in [2.75, 3.05) is 11.9 Å². The first-order chi connectivity index (χ1) is 9.65. The lowest BCUT2D eigenvalue weighted by molar-refractivity contribution is -0.115. The summed E-state index contributed by atoms with van der Waals surface area (Å²) in [7, 11) is 0. The van der Waals surface area contributed by atoms with Crippen molar-refractivity contribution >= 4 is 27.5 Å². The molecule has 0 spiro atoms. The molecule has 0 aliphatic rings. The average Bonchev–Trinajstić information content (AvgIpc) is 2.44. The number of carbonyl (C=O) groups is 1. The smallest absolute Gasteiger partial charge is 0.238 e. The number of hydrogen-bond acceptors (Lipinski definition) is 2. The van der Waals surface area contributed by atoms with Crippen molar-refractivity contribution in [1.29, 1.82) is 0 Å². The monoisotopic (exact) mass is 336 g/mol. The molecule has 0 unspecified atom stereocenters. The minimum Gasteiger partial charge on any atom is -0.325 e. The lowest BCUT2D eigenvalue weighted by Crippen LogP contribution is -2.28. The third-order valence-corrected chi connectivity index (χ3v) is 3.16. The molecule has 0 aliphatic carbocycles. The zero-order chi connectivity index (χ0) is 14.4. The van der Waals surface area contributed by atoms with E-state index in [1.165, 1.54) is 6.07 Å². The Morgan fingerprint density at radius 1 is 1.15 bits per heavy atom. The summed E-state index contributed by atoms with van der Waals surface area (Å²) >= 11 is 3.29. The minimum atomic E-state index is -0.288. The third-order valence-electron chi connectivity index (χ3n) is 2.67. The maximum atomic E-state index is 13.5. The summed E-state index contributed by atoms with van der Waals surface area (Å²) in [4.78, 5) is 11.7. The summed E-state index contributed by atoms with van der Waals surface area (Å²) in [6.07, 6.45) is 0. The highest BCUT2D eigenvalue weighted by Gasteiger charge is 2.05. The highest BCUT2D eigenvalue weighted by molar-refractivity contribution is 9.10. The molecule has 2 N–H and O–H groups in total. The zero-order valence-corrected chi connectivity index (χ0v) is 12.3. The van der Waals surface area contributed by atoms with Crippen molar-refractivity contribution in [1.82, 2.24) is 5.32 Å². The van der Waals surface area contributed by atoms with Crippen molar-refractivity contribution < 1.29 is 9.18 Å². The van der Waals surface area contributed by atoms with Crippen LogP contribution in [0.3, 0.4) is 0 Å². The van der Waals surface area contributed by atoms with Crippen molar-refractivity contribution in [3.05, 3.63) is 64.4 Å². The van der Waals surface area contributed by atoms with Crippen LogP contribution in [0.4, 0.5) is 10.1 Å². The van der Waals surface area contributed by atoms with Gasteiger partial charge in [-0.3, -0.25) is 4.79 Å². The molecular formula is C15H14BrFN2O. The number of nitrogens with one attached hydrogen (secondary N) is 2. The molecule has 5 heteroatoms. The fourth-order valence-corrected chi connectivity index (χ4v) is 2.12. The fourth-order valence-electron chi connectivity index (χ4n) is 1.72. The van der Waals surface area contributed by atoms with Crippen LogP contribution in [0.5, 0.6) is 0 Å². The van der Waals surface area contributed by atoms with Gasteiger partial charge < -0.3 is 10.6 Å². The van der Waals surface area contributed by atoms with E-state index in [1.54, 1.807) is 12.1 Å². The van der Waals surface area contributed by atoms with Gasteiger partial charge in [0, 0.05) is 22.3 Å². The van der Waals surface area contributed by atoms with E-state index in [-0.39, 0.29) is 18.3 Å². The Balaban J connectivity index is 1.81. The van der Waals surface area contributed by atoms with Crippen LogP contribution in [-0.4, -0.2) is 12.5 Å².